The van der Waals surface area contributed by atoms with Crippen molar-refractivity contribution in [3.8, 4) is 28.4 Å². The first-order chi connectivity index (χ1) is 21.7. The smallest absolute Gasteiger partial charge is 0.326 e. The number of carboxylic acids is 1. The molecule has 3 aromatic carbocycles. The lowest BCUT2D eigenvalue weighted by Crippen LogP contribution is -2.42. The number of carboxylic acid groups (broad SMARTS) is 1. The number of ether oxygens (including phenoxy) is 3. The fourth-order valence-corrected chi connectivity index (χ4v) is 5.64. The van der Waals surface area contributed by atoms with Crippen molar-refractivity contribution in [2.45, 2.75) is 51.1 Å². The van der Waals surface area contributed by atoms with Crippen molar-refractivity contribution < 1.29 is 33.7 Å². The molecule has 0 saturated carbocycles. The summed E-state index contributed by atoms with van der Waals surface area (Å²) < 4.78 is 17.0. The molecule has 4 rings (SSSR count). The summed E-state index contributed by atoms with van der Waals surface area (Å²) in [6.45, 7) is 1.74. The Morgan fingerprint density at radius 2 is 1.71 bits per heavy atom. The molecule has 0 radical (unpaired) electrons. The number of aryl methyl sites for hydroxylation is 1. The third kappa shape index (κ3) is 7.91. The fourth-order valence-electron chi connectivity index (χ4n) is 5.64. The third-order valence-electron chi connectivity index (χ3n) is 7.73. The van der Waals surface area contributed by atoms with Gasteiger partial charge in [0.25, 0.3) is 0 Å². The highest BCUT2D eigenvalue weighted by Crippen LogP contribution is 2.50. The number of benzene rings is 2. The molecule has 0 bridgehead atoms. The molecular weight excluding hydrogens is 578 g/mol. The molecule has 4 N–H and O–H groups in total. The average molecular weight is 618 g/mol. The Morgan fingerprint density at radius 3 is 2.36 bits per heavy atom. The van der Waals surface area contributed by atoms with Gasteiger partial charge in [-0.15, -0.1) is 0 Å². The Morgan fingerprint density at radius 1 is 0.978 bits per heavy atom. The number of hydrogen-bond acceptors (Lipinski definition) is 8. The standard InChI is InChI=1S/C34H39N3O8/c1-20(38)36-25-14-12-22-18-29(43-2)32(44-3)33(45-4)31(22)23-13-15-26(28(39)19-24(23)25)35-16-8-11-30(40)37-27(34(41)42)17-21-9-6-5-7-10-21/h5-7,9-10,13,15,18-19,25,27H,8,11-12,14,16-17H2,1-4H3,(H,35,39)(H,36,38)(H,37,40)(H,41,42)/t25-,27-/m0/s1. The molecule has 0 spiro atoms. The minimum Gasteiger partial charge on any atom is -0.493 e. The van der Waals surface area contributed by atoms with Crippen molar-refractivity contribution in [2.24, 2.45) is 0 Å². The maximum absolute atomic E-state index is 13.5. The van der Waals surface area contributed by atoms with Gasteiger partial charge in [0.05, 0.1) is 33.1 Å². The maximum atomic E-state index is 13.5. The molecule has 11 heteroatoms. The summed E-state index contributed by atoms with van der Waals surface area (Å²) >= 11 is 0. The lowest BCUT2D eigenvalue weighted by Gasteiger charge is -2.19. The summed E-state index contributed by atoms with van der Waals surface area (Å²) in [5.74, 6) is -0.324. The molecule has 0 heterocycles. The number of carbonyl (C=O) groups excluding carboxylic acids is 2. The fraction of sp³-hybridized carbons (Fsp3) is 0.353. The van der Waals surface area contributed by atoms with Gasteiger partial charge in [0.1, 0.15) is 6.04 Å². The van der Waals surface area contributed by atoms with Crippen LogP contribution in [0.2, 0.25) is 0 Å². The quantitative estimate of drug-likeness (QED) is 0.210. The van der Waals surface area contributed by atoms with Gasteiger partial charge in [0, 0.05) is 31.9 Å². The van der Waals surface area contributed by atoms with Gasteiger partial charge in [-0.25, -0.2) is 4.79 Å². The Labute approximate surface area is 261 Å². The Hall–Kier alpha value is -5.06. The third-order valence-corrected chi connectivity index (χ3v) is 7.73. The van der Waals surface area contributed by atoms with E-state index in [1.165, 1.54) is 20.1 Å². The molecule has 0 fully saturated rings. The van der Waals surface area contributed by atoms with Crippen molar-refractivity contribution in [3.63, 3.8) is 0 Å². The van der Waals surface area contributed by atoms with Gasteiger partial charge < -0.3 is 35.3 Å². The SMILES string of the molecule is COc1cc2c(c(OC)c1OC)-c1ccc(NCCCC(=O)N[C@@H](Cc3ccccc3)C(=O)O)c(=O)cc1[C@@H](NC(C)=O)CC2. The predicted molar refractivity (Wildman–Crippen MR) is 170 cm³/mol. The number of amides is 2. The second-order valence-corrected chi connectivity index (χ2v) is 10.8. The minimum absolute atomic E-state index is 0.0754. The van der Waals surface area contributed by atoms with Gasteiger partial charge in [0.2, 0.25) is 23.0 Å². The van der Waals surface area contributed by atoms with Crippen LogP contribution in [0.1, 0.15) is 48.9 Å². The van der Waals surface area contributed by atoms with Gasteiger partial charge in [-0.1, -0.05) is 36.4 Å². The van der Waals surface area contributed by atoms with Crippen LogP contribution in [0.5, 0.6) is 17.2 Å². The van der Waals surface area contributed by atoms with Gasteiger partial charge in [-0.05, 0) is 59.7 Å². The summed E-state index contributed by atoms with van der Waals surface area (Å²) in [6, 6.07) is 14.5. The normalized spacial score (nSPS) is 14.1. The van der Waals surface area contributed by atoms with E-state index in [4.69, 9.17) is 14.2 Å². The van der Waals surface area contributed by atoms with Crippen LogP contribution < -0.4 is 35.6 Å². The van der Waals surface area contributed by atoms with Gasteiger partial charge >= 0.3 is 5.97 Å². The molecule has 238 valence electrons. The maximum Gasteiger partial charge on any atom is 0.326 e. The van der Waals surface area contributed by atoms with Gasteiger partial charge in [0.15, 0.2) is 11.5 Å². The first kappa shape index (κ1) is 32.8. The summed E-state index contributed by atoms with van der Waals surface area (Å²) in [6.07, 6.45) is 1.75. The van der Waals surface area contributed by atoms with Crippen LogP contribution in [-0.4, -0.2) is 56.8 Å². The van der Waals surface area contributed by atoms with Crippen LogP contribution in [0, 0.1) is 0 Å². The minimum atomic E-state index is -1.11. The zero-order valence-corrected chi connectivity index (χ0v) is 25.9. The molecule has 0 aromatic heterocycles. The van der Waals surface area contributed by atoms with Crippen LogP contribution in [0.25, 0.3) is 11.1 Å². The zero-order valence-electron chi connectivity index (χ0n) is 25.9. The highest BCUT2D eigenvalue weighted by Gasteiger charge is 2.29. The zero-order chi connectivity index (χ0) is 32.5. The number of methoxy groups -OCH3 is 3. The second kappa shape index (κ2) is 15.1. The van der Waals surface area contributed by atoms with E-state index in [0.717, 1.165) is 16.7 Å². The van der Waals surface area contributed by atoms with Crippen LogP contribution in [0.3, 0.4) is 0 Å². The predicted octanol–water partition coefficient (Wildman–Crippen LogP) is 3.87. The first-order valence-electron chi connectivity index (χ1n) is 14.7. The van der Waals surface area contributed by atoms with Crippen LogP contribution in [-0.2, 0) is 27.2 Å². The molecule has 1 aliphatic rings. The summed E-state index contributed by atoms with van der Waals surface area (Å²) in [5.41, 5.74) is 3.87. The highest BCUT2D eigenvalue weighted by molar-refractivity contribution is 5.84. The summed E-state index contributed by atoms with van der Waals surface area (Å²) in [4.78, 5) is 49.9. The van der Waals surface area contributed by atoms with E-state index in [1.807, 2.05) is 42.5 Å². The van der Waals surface area contributed by atoms with E-state index in [9.17, 15) is 24.3 Å². The van der Waals surface area contributed by atoms with Crippen LogP contribution >= 0.6 is 0 Å². The van der Waals surface area contributed by atoms with E-state index >= 15 is 0 Å². The molecule has 2 atom stereocenters. The second-order valence-electron chi connectivity index (χ2n) is 10.8. The number of rotatable bonds is 13. The summed E-state index contributed by atoms with van der Waals surface area (Å²) in [5, 5.41) is 18.3. The average Bonchev–Trinajstić information content (AvgIpc) is 3.26. The van der Waals surface area contributed by atoms with Crippen molar-refractivity contribution in [3.05, 3.63) is 81.5 Å². The van der Waals surface area contributed by atoms with E-state index in [0.29, 0.717) is 59.9 Å². The topological polar surface area (TPSA) is 152 Å². The molecular formula is C34H39N3O8. The molecule has 3 aromatic rings. The largest absolute Gasteiger partial charge is 0.493 e. The molecule has 0 unspecified atom stereocenters. The molecule has 2 amide bonds. The van der Waals surface area contributed by atoms with Crippen LogP contribution in [0.15, 0.2) is 59.4 Å². The molecule has 0 saturated heterocycles. The van der Waals surface area contributed by atoms with Crippen molar-refractivity contribution in [2.75, 3.05) is 33.2 Å². The lowest BCUT2D eigenvalue weighted by atomic mass is 9.95. The molecule has 11 nitrogen and oxygen atoms in total. The number of aliphatic carboxylic acids is 1. The number of fused-ring (bicyclic) bond motifs is 3. The summed E-state index contributed by atoms with van der Waals surface area (Å²) in [7, 11) is 4.62. The highest BCUT2D eigenvalue weighted by atomic mass is 16.5. The van der Waals surface area contributed by atoms with Crippen molar-refractivity contribution >= 4 is 23.5 Å². The van der Waals surface area contributed by atoms with Crippen LogP contribution in [0.4, 0.5) is 5.69 Å². The Balaban J connectivity index is 1.55. The number of carbonyl (C=O) groups is 3. The Bertz CT molecular complexity index is 1610. The first-order valence-corrected chi connectivity index (χ1v) is 14.7. The molecule has 0 aliphatic heterocycles. The molecule has 45 heavy (non-hydrogen) atoms. The Kier molecular flexibility index (Phi) is 11.0. The van der Waals surface area contributed by atoms with E-state index in [1.54, 1.807) is 20.3 Å². The van der Waals surface area contributed by atoms with Crippen molar-refractivity contribution in [1.29, 1.82) is 0 Å². The van der Waals surface area contributed by atoms with E-state index in [-0.39, 0.29) is 30.1 Å². The van der Waals surface area contributed by atoms with Gasteiger partial charge in [-0.3, -0.25) is 14.4 Å². The van der Waals surface area contributed by atoms with Crippen molar-refractivity contribution in [1.82, 2.24) is 10.6 Å². The van der Waals surface area contributed by atoms with Gasteiger partial charge in [-0.2, -0.15) is 0 Å². The number of hydrogen-bond donors (Lipinski definition) is 4. The molecule has 1 aliphatic carbocycles. The number of anilines is 1. The lowest BCUT2D eigenvalue weighted by molar-refractivity contribution is -0.141. The van der Waals surface area contributed by atoms with E-state index < -0.39 is 18.1 Å². The monoisotopic (exact) mass is 617 g/mol. The van der Waals surface area contributed by atoms with E-state index in [2.05, 4.69) is 16.0 Å². The number of nitrogens with one attached hydrogen (secondary N) is 3.